The molecule has 0 amide bonds. The summed E-state index contributed by atoms with van der Waals surface area (Å²) in [6, 6.07) is 5.30. The summed E-state index contributed by atoms with van der Waals surface area (Å²) in [6.07, 6.45) is 0.564. The average molecular weight is 259 g/mol. The molecule has 0 aliphatic carbocycles. The molecule has 0 unspecified atom stereocenters. The summed E-state index contributed by atoms with van der Waals surface area (Å²) in [6.45, 7) is 0. The molecule has 5 heteroatoms. The summed E-state index contributed by atoms with van der Waals surface area (Å²) in [5.74, 6) is -0.0375. The first-order chi connectivity index (χ1) is 7.61. The number of hydrogen-bond donors (Lipinski definition) is 0. The molecule has 0 spiro atoms. The van der Waals surface area contributed by atoms with E-state index in [4.69, 9.17) is 27.6 Å². The second-order valence-corrected chi connectivity index (χ2v) is 3.88. The summed E-state index contributed by atoms with van der Waals surface area (Å²) >= 11 is 11.7. The Morgan fingerprint density at radius 2 is 1.81 bits per heavy atom. The Labute approximate surface area is 101 Å². The summed E-state index contributed by atoms with van der Waals surface area (Å²) in [5, 5.41) is 0.272. The lowest BCUT2D eigenvalue weighted by molar-refractivity contribution is 0.110. The molecule has 82 valence electrons. The van der Waals surface area contributed by atoms with Gasteiger partial charge in [-0.3, -0.25) is 4.79 Å². The fraction of sp³-hybridized carbons (Fsp3) is 0. The first kappa shape index (κ1) is 11.2. The zero-order chi connectivity index (χ0) is 11.7. The molecule has 0 saturated carbocycles. The number of aldehydes is 1. The van der Waals surface area contributed by atoms with Crippen molar-refractivity contribution in [3.05, 3.63) is 45.9 Å². The molecule has 0 aliphatic rings. The SMILES string of the molecule is O=Cc1ccc(-c2c(Cl)cc(F)cc2Cl)o1. The van der Waals surface area contributed by atoms with E-state index in [1.807, 2.05) is 0 Å². The maximum atomic E-state index is 12.9. The predicted molar refractivity (Wildman–Crippen MR) is 59.5 cm³/mol. The predicted octanol–water partition coefficient (Wildman–Crippen LogP) is 4.21. The van der Waals surface area contributed by atoms with Crippen LogP contribution in [0.5, 0.6) is 0 Å². The Hall–Kier alpha value is -1.32. The maximum absolute atomic E-state index is 12.9. The van der Waals surface area contributed by atoms with Gasteiger partial charge in [-0.1, -0.05) is 23.2 Å². The molecule has 0 atom stereocenters. The number of furan rings is 1. The van der Waals surface area contributed by atoms with Gasteiger partial charge in [0, 0.05) is 0 Å². The first-order valence-corrected chi connectivity index (χ1v) is 5.07. The minimum absolute atomic E-state index is 0.136. The van der Waals surface area contributed by atoms with Gasteiger partial charge >= 0.3 is 0 Å². The molecule has 0 radical (unpaired) electrons. The van der Waals surface area contributed by atoms with Gasteiger partial charge < -0.3 is 4.42 Å². The molecule has 1 aromatic heterocycles. The van der Waals surface area contributed by atoms with Crippen molar-refractivity contribution in [2.75, 3.05) is 0 Å². The van der Waals surface area contributed by atoms with Gasteiger partial charge in [0.1, 0.15) is 11.6 Å². The van der Waals surface area contributed by atoms with Gasteiger partial charge in [-0.25, -0.2) is 4.39 Å². The van der Waals surface area contributed by atoms with Crippen molar-refractivity contribution < 1.29 is 13.6 Å². The van der Waals surface area contributed by atoms with Crippen LogP contribution in [0.25, 0.3) is 11.3 Å². The van der Waals surface area contributed by atoms with Crippen LogP contribution in [0.2, 0.25) is 10.0 Å². The lowest BCUT2D eigenvalue weighted by Gasteiger charge is -2.03. The zero-order valence-corrected chi connectivity index (χ0v) is 9.35. The second-order valence-electron chi connectivity index (χ2n) is 3.06. The van der Waals surface area contributed by atoms with E-state index in [1.54, 1.807) is 6.07 Å². The average Bonchev–Trinajstić information content (AvgIpc) is 2.64. The fourth-order valence-electron chi connectivity index (χ4n) is 1.33. The monoisotopic (exact) mass is 258 g/mol. The highest BCUT2D eigenvalue weighted by molar-refractivity contribution is 6.39. The summed E-state index contributed by atoms with van der Waals surface area (Å²) in [5.41, 5.74) is 0.373. The Morgan fingerprint density at radius 1 is 1.19 bits per heavy atom. The van der Waals surface area contributed by atoms with E-state index in [1.165, 1.54) is 6.07 Å². The minimum Gasteiger partial charge on any atom is -0.453 e. The number of carbonyl (C=O) groups excluding carboxylic acids is 1. The topological polar surface area (TPSA) is 30.2 Å². The molecule has 16 heavy (non-hydrogen) atoms. The van der Waals surface area contributed by atoms with Gasteiger partial charge in [-0.05, 0) is 24.3 Å². The molecule has 0 bridgehead atoms. The molecule has 0 aliphatic heterocycles. The van der Waals surface area contributed by atoms with Gasteiger partial charge in [0.15, 0.2) is 12.0 Å². The number of halogens is 3. The van der Waals surface area contributed by atoms with Crippen molar-refractivity contribution in [1.29, 1.82) is 0 Å². The van der Waals surface area contributed by atoms with Crippen molar-refractivity contribution in [2.45, 2.75) is 0 Å². The molecule has 1 aromatic carbocycles. The maximum Gasteiger partial charge on any atom is 0.185 e. The smallest absolute Gasteiger partial charge is 0.185 e. The number of rotatable bonds is 2. The van der Waals surface area contributed by atoms with Crippen LogP contribution in [0.15, 0.2) is 28.7 Å². The highest BCUT2D eigenvalue weighted by atomic mass is 35.5. The van der Waals surface area contributed by atoms with E-state index >= 15 is 0 Å². The lowest BCUT2D eigenvalue weighted by Crippen LogP contribution is -1.82. The van der Waals surface area contributed by atoms with Crippen molar-refractivity contribution in [1.82, 2.24) is 0 Å². The van der Waals surface area contributed by atoms with Crippen molar-refractivity contribution in [3.8, 4) is 11.3 Å². The van der Waals surface area contributed by atoms with E-state index in [-0.39, 0.29) is 15.8 Å². The van der Waals surface area contributed by atoms with Gasteiger partial charge in [0.2, 0.25) is 0 Å². The van der Waals surface area contributed by atoms with Crippen LogP contribution < -0.4 is 0 Å². The Kier molecular flexibility index (Phi) is 2.99. The summed E-state index contributed by atoms with van der Waals surface area (Å²) < 4.78 is 18.1. The van der Waals surface area contributed by atoms with E-state index in [0.29, 0.717) is 17.6 Å². The Bertz CT molecular complexity index is 526. The quantitative estimate of drug-likeness (QED) is 0.756. The van der Waals surface area contributed by atoms with Crippen LogP contribution in [0, 0.1) is 5.82 Å². The van der Waals surface area contributed by atoms with E-state index in [0.717, 1.165) is 12.1 Å². The van der Waals surface area contributed by atoms with E-state index < -0.39 is 5.82 Å². The number of carbonyl (C=O) groups is 1. The molecule has 0 saturated heterocycles. The summed E-state index contributed by atoms with van der Waals surface area (Å²) in [7, 11) is 0. The molecular weight excluding hydrogens is 254 g/mol. The van der Waals surface area contributed by atoms with Crippen LogP contribution >= 0.6 is 23.2 Å². The summed E-state index contributed by atoms with van der Waals surface area (Å²) in [4.78, 5) is 10.5. The molecule has 0 fully saturated rings. The van der Waals surface area contributed by atoms with Gasteiger partial charge in [-0.2, -0.15) is 0 Å². The van der Waals surface area contributed by atoms with Gasteiger partial charge in [0.05, 0.1) is 15.6 Å². The van der Waals surface area contributed by atoms with Crippen molar-refractivity contribution in [2.24, 2.45) is 0 Å². The highest BCUT2D eigenvalue weighted by Crippen LogP contribution is 2.36. The molecular formula is C11H5Cl2FO2. The third-order valence-corrected chi connectivity index (χ3v) is 2.59. The Balaban J connectivity index is 2.59. The van der Waals surface area contributed by atoms with Crippen molar-refractivity contribution in [3.63, 3.8) is 0 Å². The second kappa shape index (κ2) is 4.28. The minimum atomic E-state index is -0.527. The van der Waals surface area contributed by atoms with E-state index in [2.05, 4.69) is 0 Å². The third-order valence-electron chi connectivity index (χ3n) is 2.00. The molecule has 2 nitrogen and oxygen atoms in total. The molecule has 1 heterocycles. The van der Waals surface area contributed by atoms with E-state index in [9.17, 15) is 9.18 Å². The van der Waals surface area contributed by atoms with Crippen molar-refractivity contribution >= 4 is 29.5 Å². The van der Waals surface area contributed by atoms with Crippen LogP contribution in [0.4, 0.5) is 4.39 Å². The standard InChI is InChI=1S/C11H5Cl2FO2/c12-8-3-6(14)4-9(13)11(8)10-2-1-7(5-15)16-10/h1-5H. The lowest BCUT2D eigenvalue weighted by atomic mass is 10.1. The third kappa shape index (κ3) is 1.96. The van der Waals surface area contributed by atoms with Crippen LogP contribution in [-0.2, 0) is 0 Å². The first-order valence-electron chi connectivity index (χ1n) is 4.31. The van der Waals surface area contributed by atoms with Crippen LogP contribution in [0.1, 0.15) is 10.6 Å². The number of hydrogen-bond acceptors (Lipinski definition) is 2. The van der Waals surface area contributed by atoms with Gasteiger partial charge in [-0.15, -0.1) is 0 Å². The van der Waals surface area contributed by atoms with Gasteiger partial charge in [0.25, 0.3) is 0 Å². The fourth-order valence-corrected chi connectivity index (χ4v) is 1.97. The number of benzene rings is 1. The zero-order valence-electron chi connectivity index (χ0n) is 7.84. The van der Waals surface area contributed by atoms with Crippen LogP contribution in [0.3, 0.4) is 0 Å². The Morgan fingerprint density at radius 3 is 2.31 bits per heavy atom. The largest absolute Gasteiger partial charge is 0.453 e. The van der Waals surface area contributed by atoms with Crippen LogP contribution in [-0.4, -0.2) is 6.29 Å². The molecule has 0 N–H and O–H groups in total. The normalized spacial score (nSPS) is 10.4. The highest BCUT2D eigenvalue weighted by Gasteiger charge is 2.14. The molecule has 2 rings (SSSR count). The molecule has 2 aromatic rings.